The van der Waals surface area contributed by atoms with Gasteiger partial charge < -0.3 is 0 Å². The predicted octanol–water partition coefficient (Wildman–Crippen LogP) is 4.42. The Morgan fingerprint density at radius 1 is 1.17 bits per heavy atom. The zero-order valence-corrected chi connectivity index (χ0v) is 11.5. The summed E-state index contributed by atoms with van der Waals surface area (Å²) in [6.45, 7) is 6.32. The molecule has 0 spiro atoms. The number of hydrogen-bond acceptors (Lipinski definition) is 2. The molecule has 18 heavy (non-hydrogen) atoms. The maximum atomic E-state index is 13.1. The fraction of sp³-hybridized carbons (Fsp3) is 0.267. The molecule has 1 aromatic carbocycles. The SMILES string of the molecule is CC(C)(C)c1ccc(C(=O)c2cccc(F)c2)s1. The molecular weight excluding hydrogens is 247 g/mol. The van der Waals surface area contributed by atoms with Crippen molar-refractivity contribution >= 4 is 17.1 Å². The number of rotatable bonds is 2. The number of ketones is 1. The molecule has 0 unspecified atom stereocenters. The van der Waals surface area contributed by atoms with Gasteiger partial charge in [-0.05, 0) is 29.7 Å². The molecule has 2 rings (SSSR count). The summed E-state index contributed by atoms with van der Waals surface area (Å²) in [6, 6.07) is 9.60. The van der Waals surface area contributed by atoms with Crippen LogP contribution >= 0.6 is 11.3 Å². The van der Waals surface area contributed by atoms with E-state index in [1.165, 1.54) is 23.5 Å². The van der Waals surface area contributed by atoms with Gasteiger partial charge in [0.05, 0.1) is 4.88 Å². The highest BCUT2D eigenvalue weighted by atomic mass is 32.1. The Morgan fingerprint density at radius 3 is 2.44 bits per heavy atom. The molecule has 0 N–H and O–H groups in total. The van der Waals surface area contributed by atoms with Crippen molar-refractivity contribution < 1.29 is 9.18 Å². The first-order chi connectivity index (χ1) is 8.38. The van der Waals surface area contributed by atoms with Crippen LogP contribution < -0.4 is 0 Å². The molecule has 0 aliphatic heterocycles. The second kappa shape index (κ2) is 4.65. The molecule has 1 heterocycles. The van der Waals surface area contributed by atoms with Crippen molar-refractivity contribution in [3.8, 4) is 0 Å². The summed E-state index contributed by atoms with van der Waals surface area (Å²) in [5, 5.41) is 0. The van der Waals surface area contributed by atoms with Crippen molar-refractivity contribution in [3.05, 3.63) is 57.5 Å². The first kappa shape index (κ1) is 13.0. The van der Waals surface area contributed by atoms with Crippen molar-refractivity contribution in [2.24, 2.45) is 0 Å². The van der Waals surface area contributed by atoms with Crippen molar-refractivity contribution in [1.29, 1.82) is 0 Å². The van der Waals surface area contributed by atoms with Crippen LogP contribution in [0.4, 0.5) is 4.39 Å². The van der Waals surface area contributed by atoms with Gasteiger partial charge in [0.25, 0.3) is 0 Å². The molecule has 3 heteroatoms. The van der Waals surface area contributed by atoms with Crippen LogP contribution in [0.5, 0.6) is 0 Å². The molecular formula is C15H15FOS. The van der Waals surface area contributed by atoms with Crippen LogP contribution in [-0.2, 0) is 5.41 Å². The maximum absolute atomic E-state index is 13.1. The van der Waals surface area contributed by atoms with E-state index in [0.29, 0.717) is 10.4 Å². The Morgan fingerprint density at radius 2 is 1.89 bits per heavy atom. The number of carbonyl (C=O) groups is 1. The Labute approximate surface area is 110 Å². The standard InChI is InChI=1S/C15H15FOS/c1-15(2,3)13-8-7-12(18-13)14(17)10-5-4-6-11(16)9-10/h4-9H,1-3H3. The summed E-state index contributed by atoms with van der Waals surface area (Å²) < 4.78 is 13.1. The third-order valence-electron chi connectivity index (χ3n) is 2.66. The second-order valence-electron chi connectivity index (χ2n) is 5.25. The number of benzene rings is 1. The molecule has 1 nitrogen and oxygen atoms in total. The molecule has 0 atom stereocenters. The molecule has 0 aliphatic carbocycles. The zero-order chi connectivity index (χ0) is 13.3. The first-order valence-corrected chi connectivity index (χ1v) is 6.60. The summed E-state index contributed by atoms with van der Waals surface area (Å²) in [5.74, 6) is -0.497. The zero-order valence-electron chi connectivity index (χ0n) is 10.7. The van der Waals surface area contributed by atoms with Gasteiger partial charge in [-0.2, -0.15) is 0 Å². The minimum Gasteiger partial charge on any atom is -0.288 e. The summed E-state index contributed by atoms with van der Waals surface area (Å²) in [6.07, 6.45) is 0. The van der Waals surface area contributed by atoms with E-state index < -0.39 is 0 Å². The van der Waals surface area contributed by atoms with Gasteiger partial charge in [-0.15, -0.1) is 11.3 Å². The summed E-state index contributed by atoms with van der Waals surface area (Å²) in [4.78, 5) is 14.0. The monoisotopic (exact) mass is 262 g/mol. The largest absolute Gasteiger partial charge is 0.288 e. The van der Waals surface area contributed by atoms with Gasteiger partial charge in [-0.25, -0.2) is 4.39 Å². The van der Waals surface area contributed by atoms with Crippen LogP contribution in [0.3, 0.4) is 0 Å². The average molecular weight is 262 g/mol. The Bertz CT molecular complexity index is 578. The van der Waals surface area contributed by atoms with E-state index in [1.807, 2.05) is 12.1 Å². The van der Waals surface area contributed by atoms with Crippen LogP contribution in [-0.4, -0.2) is 5.78 Å². The smallest absolute Gasteiger partial charge is 0.203 e. The Kier molecular flexibility index (Phi) is 3.35. The quantitative estimate of drug-likeness (QED) is 0.732. The van der Waals surface area contributed by atoms with E-state index in [2.05, 4.69) is 20.8 Å². The molecule has 1 aromatic heterocycles. The van der Waals surface area contributed by atoms with Crippen molar-refractivity contribution in [1.82, 2.24) is 0 Å². The molecule has 0 aliphatic rings. The highest BCUT2D eigenvalue weighted by molar-refractivity contribution is 7.14. The first-order valence-electron chi connectivity index (χ1n) is 5.78. The normalized spacial score (nSPS) is 11.6. The van der Waals surface area contributed by atoms with Gasteiger partial charge in [-0.1, -0.05) is 32.9 Å². The fourth-order valence-electron chi connectivity index (χ4n) is 1.63. The van der Waals surface area contributed by atoms with Crippen LogP contribution in [0.1, 0.15) is 40.9 Å². The number of hydrogen-bond donors (Lipinski definition) is 0. The van der Waals surface area contributed by atoms with E-state index in [-0.39, 0.29) is 17.0 Å². The van der Waals surface area contributed by atoms with E-state index in [1.54, 1.807) is 12.1 Å². The van der Waals surface area contributed by atoms with Gasteiger partial charge in [0.2, 0.25) is 5.78 Å². The molecule has 2 aromatic rings. The fourth-order valence-corrected chi connectivity index (χ4v) is 2.66. The molecule has 0 radical (unpaired) electrons. The Hall–Kier alpha value is -1.48. The average Bonchev–Trinajstić information content (AvgIpc) is 2.77. The van der Waals surface area contributed by atoms with Crippen molar-refractivity contribution in [2.45, 2.75) is 26.2 Å². The number of halogens is 1. The summed E-state index contributed by atoms with van der Waals surface area (Å²) in [5.41, 5.74) is 0.433. The Balaban J connectivity index is 2.33. The molecule has 0 saturated heterocycles. The van der Waals surface area contributed by atoms with Crippen molar-refractivity contribution in [2.75, 3.05) is 0 Å². The third-order valence-corrected chi connectivity index (χ3v) is 4.17. The van der Waals surface area contributed by atoms with Crippen molar-refractivity contribution in [3.63, 3.8) is 0 Å². The van der Waals surface area contributed by atoms with Gasteiger partial charge in [-0.3, -0.25) is 4.79 Å². The second-order valence-corrected chi connectivity index (χ2v) is 6.34. The highest BCUT2D eigenvalue weighted by Crippen LogP contribution is 2.30. The predicted molar refractivity (Wildman–Crippen MR) is 72.9 cm³/mol. The third kappa shape index (κ3) is 2.67. The molecule has 0 bridgehead atoms. The lowest BCUT2D eigenvalue weighted by atomic mass is 9.95. The van der Waals surface area contributed by atoms with E-state index in [4.69, 9.17) is 0 Å². The topological polar surface area (TPSA) is 17.1 Å². The number of thiophene rings is 1. The minimum atomic E-state index is -0.381. The van der Waals surface area contributed by atoms with Gasteiger partial charge in [0.1, 0.15) is 5.82 Å². The maximum Gasteiger partial charge on any atom is 0.203 e. The minimum absolute atomic E-state index is 0.0329. The van der Waals surface area contributed by atoms with E-state index in [9.17, 15) is 9.18 Å². The van der Waals surface area contributed by atoms with Gasteiger partial charge in [0, 0.05) is 10.4 Å². The summed E-state index contributed by atoms with van der Waals surface area (Å²) in [7, 11) is 0. The highest BCUT2D eigenvalue weighted by Gasteiger charge is 2.19. The lowest BCUT2D eigenvalue weighted by molar-refractivity contribution is 0.104. The lowest BCUT2D eigenvalue weighted by Gasteiger charge is -2.15. The van der Waals surface area contributed by atoms with Crippen LogP contribution in [0.25, 0.3) is 0 Å². The van der Waals surface area contributed by atoms with Crippen LogP contribution in [0.2, 0.25) is 0 Å². The number of carbonyl (C=O) groups excluding carboxylic acids is 1. The van der Waals surface area contributed by atoms with Crippen LogP contribution in [0, 0.1) is 5.82 Å². The van der Waals surface area contributed by atoms with Gasteiger partial charge in [0.15, 0.2) is 0 Å². The molecule has 94 valence electrons. The lowest BCUT2D eigenvalue weighted by Crippen LogP contribution is -2.08. The van der Waals surface area contributed by atoms with E-state index >= 15 is 0 Å². The van der Waals surface area contributed by atoms with Crippen LogP contribution in [0.15, 0.2) is 36.4 Å². The van der Waals surface area contributed by atoms with Gasteiger partial charge >= 0.3 is 0 Å². The molecule has 0 fully saturated rings. The molecule has 0 amide bonds. The molecule has 0 saturated carbocycles. The summed E-state index contributed by atoms with van der Waals surface area (Å²) >= 11 is 1.48. The van der Waals surface area contributed by atoms with E-state index in [0.717, 1.165) is 4.88 Å².